The molecule has 0 unspecified atom stereocenters. The van der Waals surface area contributed by atoms with Crippen LogP contribution < -0.4 is 5.32 Å². The third-order valence-electron chi connectivity index (χ3n) is 6.51. The average Bonchev–Trinajstić information content (AvgIpc) is 3.60. The van der Waals surface area contributed by atoms with Crippen molar-refractivity contribution in [3.8, 4) is 17.3 Å². The summed E-state index contributed by atoms with van der Waals surface area (Å²) in [4.78, 5) is 13.0. The Kier molecular flexibility index (Phi) is 6.77. The van der Waals surface area contributed by atoms with Crippen LogP contribution in [0.1, 0.15) is 55.1 Å². The summed E-state index contributed by atoms with van der Waals surface area (Å²) < 4.78 is 9.66. The molecule has 1 N–H and O–H groups in total. The molecule has 3 aromatic heterocycles. The summed E-state index contributed by atoms with van der Waals surface area (Å²) in [6.45, 7) is 5.94. The topological polar surface area (TPSA) is 90.8 Å². The Labute approximate surface area is 209 Å². The van der Waals surface area contributed by atoms with Gasteiger partial charge in [-0.3, -0.25) is 9.36 Å². The molecule has 1 fully saturated rings. The fourth-order valence-corrected chi connectivity index (χ4v) is 5.49. The highest BCUT2D eigenvalue weighted by Gasteiger charge is 2.25. The minimum atomic E-state index is -0.0950. The molecule has 1 aliphatic carbocycles. The van der Waals surface area contributed by atoms with Crippen molar-refractivity contribution in [2.24, 2.45) is 0 Å². The van der Waals surface area contributed by atoms with E-state index in [1.54, 1.807) is 6.26 Å². The van der Waals surface area contributed by atoms with E-state index in [4.69, 9.17) is 4.42 Å². The maximum atomic E-state index is 13.0. The van der Waals surface area contributed by atoms with E-state index in [1.165, 1.54) is 36.6 Å². The molecule has 1 aromatic carbocycles. The molecule has 9 heteroatoms. The first-order valence-corrected chi connectivity index (χ1v) is 13.0. The molecule has 0 spiro atoms. The van der Waals surface area contributed by atoms with Gasteiger partial charge in [0.25, 0.3) is 0 Å². The summed E-state index contributed by atoms with van der Waals surface area (Å²) in [5.41, 5.74) is 4.59. The van der Waals surface area contributed by atoms with Gasteiger partial charge in [0, 0.05) is 6.04 Å². The molecule has 1 aliphatic rings. The van der Waals surface area contributed by atoms with Gasteiger partial charge in [0.05, 0.1) is 34.8 Å². The summed E-state index contributed by atoms with van der Waals surface area (Å²) in [5.74, 6) is 1.57. The van der Waals surface area contributed by atoms with Crippen LogP contribution in [0.4, 0.5) is 5.69 Å². The van der Waals surface area contributed by atoms with Gasteiger partial charge in [0.1, 0.15) is 0 Å². The number of nitrogens with one attached hydrogen (secondary N) is 1. The van der Waals surface area contributed by atoms with Crippen molar-refractivity contribution in [3.63, 3.8) is 0 Å². The molecule has 182 valence electrons. The number of thioether (sulfide) groups is 1. The smallest absolute Gasteiger partial charge is 0.234 e. The number of hydrogen-bond donors (Lipinski definition) is 1. The van der Waals surface area contributed by atoms with Crippen molar-refractivity contribution in [3.05, 3.63) is 59.6 Å². The van der Waals surface area contributed by atoms with E-state index >= 15 is 0 Å². The SMILES string of the molecule is Cc1ccc(-n2nc(C)c(NC(=O)CSc3nnc(-c4ccco4)n3C3CCCCC3)c2C)cc1. The van der Waals surface area contributed by atoms with Gasteiger partial charge < -0.3 is 9.73 Å². The van der Waals surface area contributed by atoms with E-state index in [-0.39, 0.29) is 11.7 Å². The average molecular weight is 491 g/mol. The van der Waals surface area contributed by atoms with Gasteiger partial charge in [-0.2, -0.15) is 5.10 Å². The first kappa shape index (κ1) is 23.4. The zero-order chi connectivity index (χ0) is 24.4. The Bertz CT molecular complexity index is 1300. The van der Waals surface area contributed by atoms with Gasteiger partial charge in [-0.15, -0.1) is 10.2 Å². The predicted molar refractivity (Wildman–Crippen MR) is 137 cm³/mol. The Morgan fingerprint density at radius 3 is 2.57 bits per heavy atom. The second-order valence-electron chi connectivity index (χ2n) is 9.08. The number of amides is 1. The van der Waals surface area contributed by atoms with Crippen LogP contribution in [0.3, 0.4) is 0 Å². The molecular weight excluding hydrogens is 460 g/mol. The lowest BCUT2D eigenvalue weighted by molar-refractivity contribution is -0.113. The fourth-order valence-electron chi connectivity index (χ4n) is 4.68. The van der Waals surface area contributed by atoms with E-state index in [1.807, 2.05) is 42.8 Å². The first-order valence-electron chi connectivity index (χ1n) is 12.1. The lowest BCUT2D eigenvalue weighted by Gasteiger charge is -2.25. The minimum absolute atomic E-state index is 0.0950. The van der Waals surface area contributed by atoms with Crippen molar-refractivity contribution < 1.29 is 9.21 Å². The molecule has 3 heterocycles. The van der Waals surface area contributed by atoms with Crippen LogP contribution in [0.15, 0.2) is 52.2 Å². The number of anilines is 1. The molecule has 0 aliphatic heterocycles. The Hall–Kier alpha value is -3.33. The van der Waals surface area contributed by atoms with E-state index in [0.29, 0.717) is 11.8 Å². The van der Waals surface area contributed by atoms with E-state index in [0.717, 1.165) is 46.6 Å². The number of nitrogens with zero attached hydrogens (tertiary/aromatic N) is 5. The highest BCUT2D eigenvalue weighted by Crippen LogP contribution is 2.35. The molecule has 1 saturated carbocycles. The normalized spacial score (nSPS) is 14.4. The van der Waals surface area contributed by atoms with Gasteiger partial charge in [0.15, 0.2) is 10.9 Å². The first-order chi connectivity index (χ1) is 17.0. The molecule has 5 rings (SSSR count). The van der Waals surface area contributed by atoms with Gasteiger partial charge in [-0.05, 0) is 57.9 Å². The Morgan fingerprint density at radius 1 is 1.09 bits per heavy atom. The fraction of sp³-hybridized carbons (Fsp3) is 0.385. The third kappa shape index (κ3) is 4.91. The molecule has 0 radical (unpaired) electrons. The second-order valence-corrected chi connectivity index (χ2v) is 10.0. The number of carbonyl (C=O) groups excluding carboxylic acids is 1. The quantitative estimate of drug-likeness (QED) is 0.325. The summed E-state index contributed by atoms with van der Waals surface area (Å²) >= 11 is 1.41. The highest BCUT2D eigenvalue weighted by atomic mass is 32.2. The van der Waals surface area contributed by atoms with Crippen LogP contribution in [0.25, 0.3) is 17.3 Å². The maximum absolute atomic E-state index is 13.0. The largest absolute Gasteiger partial charge is 0.461 e. The van der Waals surface area contributed by atoms with Crippen LogP contribution in [-0.2, 0) is 4.79 Å². The zero-order valence-electron chi connectivity index (χ0n) is 20.3. The lowest BCUT2D eigenvalue weighted by Crippen LogP contribution is -2.18. The maximum Gasteiger partial charge on any atom is 0.234 e. The van der Waals surface area contributed by atoms with Crippen molar-refractivity contribution in [1.29, 1.82) is 0 Å². The molecule has 8 nitrogen and oxygen atoms in total. The van der Waals surface area contributed by atoms with Crippen molar-refractivity contribution >= 4 is 23.4 Å². The number of carbonyl (C=O) groups is 1. The minimum Gasteiger partial charge on any atom is -0.461 e. The van der Waals surface area contributed by atoms with Gasteiger partial charge in [-0.1, -0.05) is 48.7 Å². The molecular formula is C26H30N6O2S. The van der Waals surface area contributed by atoms with E-state index < -0.39 is 0 Å². The van der Waals surface area contributed by atoms with Crippen molar-refractivity contribution in [1.82, 2.24) is 24.5 Å². The van der Waals surface area contributed by atoms with Crippen molar-refractivity contribution in [2.45, 2.75) is 64.1 Å². The Morgan fingerprint density at radius 2 is 1.86 bits per heavy atom. The van der Waals surface area contributed by atoms with Crippen molar-refractivity contribution in [2.75, 3.05) is 11.1 Å². The van der Waals surface area contributed by atoms with Gasteiger partial charge in [-0.25, -0.2) is 4.68 Å². The Balaban J connectivity index is 1.32. The standard InChI is InChI=1S/C26H30N6O2S/c1-17-11-13-21(14-12-17)32-19(3)24(18(2)30-32)27-23(33)16-35-26-29-28-25(22-10-7-15-34-22)31(26)20-8-5-4-6-9-20/h7,10-15,20H,4-6,8-9,16H2,1-3H3,(H,27,33). The second kappa shape index (κ2) is 10.1. The molecule has 0 bridgehead atoms. The summed E-state index contributed by atoms with van der Waals surface area (Å²) in [7, 11) is 0. The monoisotopic (exact) mass is 490 g/mol. The van der Waals surface area contributed by atoms with Crippen LogP contribution >= 0.6 is 11.8 Å². The van der Waals surface area contributed by atoms with Crippen LogP contribution in [-0.4, -0.2) is 36.2 Å². The number of hydrogen-bond acceptors (Lipinski definition) is 6. The molecule has 35 heavy (non-hydrogen) atoms. The van der Waals surface area contributed by atoms with Crippen LogP contribution in [0.5, 0.6) is 0 Å². The summed E-state index contributed by atoms with van der Waals surface area (Å²) in [6, 6.07) is 12.3. The number of aryl methyl sites for hydroxylation is 2. The van der Waals surface area contributed by atoms with E-state index in [9.17, 15) is 4.79 Å². The third-order valence-corrected chi connectivity index (χ3v) is 7.46. The molecule has 0 atom stereocenters. The van der Waals surface area contributed by atoms with Gasteiger partial charge in [0.2, 0.25) is 11.7 Å². The number of rotatable bonds is 7. The van der Waals surface area contributed by atoms with Gasteiger partial charge >= 0.3 is 0 Å². The molecule has 0 saturated heterocycles. The van der Waals surface area contributed by atoms with Crippen LogP contribution in [0.2, 0.25) is 0 Å². The molecule has 4 aromatic rings. The number of aromatic nitrogens is 5. The highest BCUT2D eigenvalue weighted by molar-refractivity contribution is 7.99. The predicted octanol–water partition coefficient (Wildman–Crippen LogP) is 5.89. The van der Waals surface area contributed by atoms with Crippen LogP contribution in [0, 0.1) is 20.8 Å². The van der Waals surface area contributed by atoms with E-state index in [2.05, 4.69) is 44.2 Å². The number of benzene rings is 1. The molecule has 1 amide bonds. The summed E-state index contributed by atoms with van der Waals surface area (Å²) in [5, 5.41) is 17.3. The number of furan rings is 1. The lowest BCUT2D eigenvalue weighted by atomic mass is 9.95. The summed E-state index contributed by atoms with van der Waals surface area (Å²) in [6.07, 6.45) is 7.46. The zero-order valence-corrected chi connectivity index (χ0v) is 21.1.